The number of ether oxygens (including phenoxy) is 1. The van der Waals surface area contributed by atoms with Gasteiger partial charge >= 0.3 is 6.18 Å². The second-order valence-corrected chi connectivity index (χ2v) is 8.13. The number of nitrogens with zero attached hydrogens (tertiary/aromatic N) is 5. The van der Waals surface area contributed by atoms with Crippen LogP contribution in [-0.4, -0.2) is 39.5 Å². The molecule has 0 saturated carbocycles. The van der Waals surface area contributed by atoms with Gasteiger partial charge < -0.3 is 4.74 Å². The third kappa shape index (κ3) is 4.56. The lowest BCUT2D eigenvalue weighted by Crippen LogP contribution is -2.13. The predicted octanol–water partition coefficient (Wildman–Crippen LogP) is 2.75. The number of alkyl halides is 3. The third-order valence-electron chi connectivity index (χ3n) is 4.13. The fourth-order valence-electron chi connectivity index (χ4n) is 2.83. The summed E-state index contributed by atoms with van der Waals surface area (Å²) in [5, 5.41) is 11.6. The van der Waals surface area contributed by atoms with Crippen molar-refractivity contribution >= 4 is 26.5 Å². The molecule has 4 aromatic rings. The van der Waals surface area contributed by atoms with Gasteiger partial charge in [0.25, 0.3) is 15.9 Å². The van der Waals surface area contributed by atoms with Crippen molar-refractivity contribution in [3.8, 4) is 5.88 Å². The van der Waals surface area contributed by atoms with Gasteiger partial charge in [-0.3, -0.25) is 9.17 Å². The lowest BCUT2D eigenvalue weighted by molar-refractivity contribution is -0.146. The Morgan fingerprint density at radius 3 is 2.32 bits per heavy atom. The third-order valence-corrected chi connectivity index (χ3v) is 4.67. The van der Waals surface area contributed by atoms with E-state index in [0.717, 1.165) is 6.26 Å². The first kappa shape index (κ1) is 20.9. The van der Waals surface area contributed by atoms with Gasteiger partial charge in [-0.05, 0) is 18.2 Å². The van der Waals surface area contributed by atoms with E-state index in [4.69, 9.17) is 8.92 Å². The number of aromatic nitrogens is 5. The molecule has 31 heavy (non-hydrogen) atoms. The van der Waals surface area contributed by atoms with Crippen molar-refractivity contribution in [3.63, 3.8) is 0 Å². The van der Waals surface area contributed by atoms with Crippen LogP contribution in [0.25, 0.3) is 16.4 Å². The summed E-state index contributed by atoms with van der Waals surface area (Å²) in [5.74, 6) is -1.33. The molecule has 0 aliphatic rings. The number of rotatable bonds is 6. The van der Waals surface area contributed by atoms with Crippen LogP contribution in [0.3, 0.4) is 0 Å². The van der Waals surface area contributed by atoms with Crippen LogP contribution < -0.4 is 4.74 Å². The van der Waals surface area contributed by atoms with E-state index in [9.17, 15) is 21.6 Å². The molecule has 9 nitrogen and oxygen atoms in total. The van der Waals surface area contributed by atoms with E-state index in [1.165, 1.54) is 0 Å². The second kappa shape index (κ2) is 7.74. The maximum atomic E-state index is 13.3. The standard InChI is InChI=1S/C18H14F3N5O4S/c1-31(27,28)30-10-12-6-4-5-11(22-12)9-29-16-14-8-3-2-7-13(14)15-23-24-17(18(19,20)21)26(15)25-16/h2-8H,9-10H2,1H3. The smallest absolute Gasteiger partial charge is 0.453 e. The van der Waals surface area contributed by atoms with Gasteiger partial charge in [-0.2, -0.15) is 26.1 Å². The average Bonchev–Trinajstić information content (AvgIpc) is 3.15. The van der Waals surface area contributed by atoms with E-state index >= 15 is 0 Å². The molecule has 0 fully saturated rings. The van der Waals surface area contributed by atoms with Crippen molar-refractivity contribution in [3.05, 3.63) is 59.7 Å². The topological polar surface area (TPSA) is 109 Å². The van der Waals surface area contributed by atoms with Gasteiger partial charge in [-0.25, -0.2) is 0 Å². The predicted molar refractivity (Wildman–Crippen MR) is 101 cm³/mol. The largest absolute Gasteiger partial charge is 0.470 e. The number of hydrogen-bond acceptors (Lipinski definition) is 8. The van der Waals surface area contributed by atoms with Crippen LogP contribution in [0.5, 0.6) is 5.88 Å². The molecule has 0 aliphatic heterocycles. The quantitative estimate of drug-likeness (QED) is 0.410. The van der Waals surface area contributed by atoms with Crippen LogP contribution in [0.2, 0.25) is 0 Å². The van der Waals surface area contributed by atoms with E-state index in [1.807, 2.05) is 0 Å². The lowest BCUT2D eigenvalue weighted by atomic mass is 10.2. The van der Waals surface area contributed by atoms with Gasteiger partial charge in [0, 0.05) is 10.8 Å². The van der Waals surface area contributed by atoms with Crippen molar-refractivity contribution in [1.82, 2.24) is 24.8 Å². The zero-order valence-corrected chi connectivity index (χ0v) is 16.7. The summed E-state index contributed by atoms with van der Waals surface area (Å²) in [6.07, 6.45) is -3.82. The minimum atomic E-state index is -4.75. The maximum absolute atomic E-state index is 13.3. The van der Waals surface area contributed by atoms with E-state index in [-0.39, 0.29) is 24.7 Å². The molecule has 0 atom stereocenters. The summed E-state index contributed by atoms with van der Waals surface area (Å²) in [6, 6.07) is 11.4. The summed E-state index contributed by atoms with van der Waals surface area (Å²) < 4.78 is 73.0. The Bertz CT molecular complexity index is 1370. The Morgan fingerprint density at radius 2 is 1.65 bits per heavy atom. The minimum absolute atomic E-state index is 0.0479. The van der Waals surface area contributed by atoms with E-state index in [1.54, 1.807) is 42.5 Å². The summed E-state index contributed by atoms with van der Waals surface area (Å²) in [6.45, 7) is -0.381. The first-order chi connectivity index (χ1) is 14.6. The van der Waals surface area contributed by atoms with Crippen LogP contribution in [0.1, 0.15) is 17.2 Å². The molecule has 0 amide bonds. The van der Waals surface area contributed by atoms with Gasteiger partial charge in [0.05, 0.1) is 17.6 Å². The second-order valence-electron chi connectivity index (χ2n) is 6.48. The normalized spacial score (nSPS) is 12.5. The molecule has 0 saturated heterocycles. The van der Waals surface area contributed by atoms with E-state index < -0.39 is 22.1 Å². The van der Waals surface area contributed by atoms with Crippen LogP contribution in [0, 0.1) is 0 Å². The highest BCUT2D eigenvalue weighted by Crippen LogP contribution is 2.32. The van der Waals surface area contributed by atoms with Gasteiger partial charge in [-0.15, -0.1) is 15.3 Å². The summed E-state index contributed by atoms with van der Waals surface area (Å²) in [4.78, 5) is 4.23. The van der Waals surface area contributed by atoms with Crippen LogP contribution >= 0.6 is 0 Å². The fourth-order valence-corrected chi connectivity index (χ4v) is 3.17. The SMILES string of the molecule is CS(=O)(=O)OCc1cccc(COc2nn3c(C(F)(F)F)nnc3c3ccccc23)n1. The number of hydrogen-bond donors (Lipinski definition) is 0. The Hall–Kier alpha value is -3.32. The highest BCUT2D eigenvalue weighted by Gasteiger charge is 2.38. The zero-order chi connectivity index (χ0) is 22.2. The van der Waals surface area contributed by atoms with Crippen molar-refractivity contribution < 1.29 is 30.5 Å². The summed E-state index contributed by atoms with van der Waals surface area (Å²) in [5.41, 5.74) is 0.701. The van der Waals surface area contributed by atoms with Crippen LogP contribution in [0.15, 0.2) is 42.5 Å². The molecule has 0 unspecified atom stereocenters. The summed E-state index contributed by atoms with van der Waals surface area (Å²) >= 11 is 0. The first-order valence-corrected chi connectivity index (χ1v) is 10.6. The Balaban J connectivity index is 1.67. The highest BCUT2D eigenvalue weighted by atomic mass is 32.2. The molecule has 4 rings (SSSR count). The molecular weight excluding hydrogens is 439 g/mol. The van der Waals surface area contributed by atoms with Crippen LogP contribution in [-0.2, 0) is 33.7 Å². The molecule has 3 aromatic heterocycles. The average molecular weight is 453 g/mol. The molecule has 13 heteroatoms. The van der Waals surface area contributed by atoms with Gasteiger partial charge in [-0.1, -0.05) is 24.3 Å². The molecule has 162 valence electrons. The highest BCUT2D eigenvalue weighted by molar-refractivity contribution is 7.85. The molecule has 3 heterocycles. The molecule has 0 spiro atoms. The number of benzene rings is 1. The number of pyridine rings is 1. The van der Waals surface area contributed by atoms with E-state index in [0.29, 0.717) is 26.7 Å². The molecular formula is C18H14F3N5O4S. The van der Waals surface area contributed by atoms with Crippen molar-refractivity contribution in [2.45, 2.75) is 19.4 Å². The van der Waals surface area contributed by atoms with Crippen molar-refractivity contribution in [2.75, 3.05) is 6.26 Å². The molecule has 0 radical (unpaired) electrons. The summed E-state index contributed by atoms with van der Waals surface area (Å²) in [7, 11) is -3.63. The maximum Gasteiger partial charge on any atom is 0.453 e. The number of halogens is 3. The lowest BCUT2D eigenvalue weighted by Gasteiger charge is -2.11. The molecule has 0 bridgehead atoms. The Morgan fingerprint density at radius 1 is 0.968 bits per heavy atom. The first-order valence-electron chi connectivity index (χ1n) is 8.75. The van der Waals surface area contributed by atoms with Gasteiger partial charge in [0.1, 0.15) is 13.2 Å². The van der Waals surface area contributed by atoms with Crippen molar-refractivity contribution in [2.24, 2.45) is 0 Å². The molecule has 0 aliphatic carbocycles. The van der Waals surface area contributed by atoms with Gasteiger partial charge in [0.15, 0.2) is 5.65 Å². The molecule has 1 aromatic carbocycles. The van der Waals surface area contributed by atoms with Gasteiger partial charge in [0.2, 0.25) is 5.88 Å². The van der Waals surface area contributed by atoms with Crippen molar-refractivity contribution in [1.29, 1.82) is 0 Å². The fraction of sp³-hybridized carbons (Fsp3) is 0.222. The minimum Gasteiger partial charge on any atom is -0.470 e. The van der Waals surface area contributed by atoms with E-state index in [2.05, 4.69) is 20.3 Å². The van der Waals surface area contributed by atoms with Crippen LogP contribution in [0.4, 0.5) is 13.2 Å². The zero-order valence-electron chi connectivity index (χ0n) is 15.9. The monoisotopic (exact) mass is 453 g/mol. The molecule has 0 N–H and O–H groups in total. The Kier molecular flexibility index (Phi) is 5.23. The Labute approximate surface area is 173 Å². The number of fused-ring (bicyclic) bond motifs is 3.